The van der Waals surface area contributed by atoms with Crippen LogP contribution in [0.5, 0.6) is 0 Å². The molecule has 0 fully saturated rings. The molecule has 1 heterocycles. The lowest BCUT2D eigenvalue weighted by Gasteiger charge is -2.12. The number of carbonyl (C=O) groups is 2. The van der Waals surface area contributed by atoms with Crippen LogP contribution in [0.2, 0.25) is 0 Å². The van der Waals surface area contributed by atoms with E-state index < -0.39 is 11.7 Å². The lowest BCUT2D eigenvalue weighted by Crippen LogP contribution is -2.19. The summed E-state index contributed by atoms with van der Waals surface area (Å²) in [5, 5.41) is 14.5. The molecule has 4 rings (SSSR count). The Labute approximate surface area is 200 Å². The molecule has 4 aromatic rings. The minimum atomic E-state index is -0.412. The minimum absolute atomic E-state index is 0.0812. The van der Waals surface area contributed by atoms with Crippen LogP contribution >= 0.6 is 11.8 Å². The Balaban J connectivity index is 1.44. The molecule has 0 atom stereocenters. The number of para-hydroxylation sites is 1. The molecule has 172 valence electrons. The maximum atomic E-state index is 13.1. The standard InChI is InChI=1S/C25H22FN5O2S/c1-16-6-5-7-20(14-16)31-17(2)29-30-25(31)34-15-23(32)28-22-9-4-3-8-21(22)24(33)27-19-12-10-18(26)11-13-19/h3-14H,15H2,1-2H3,(H,27,33)(H,28,32). The number of aromatic nitrogens is 3. The van der Waals surface area contributed by atoms with Crippen LogP contribution in [0, 0.1) is 19.7 Å². The van der Waals surface area contributed by atoms with Gasteiger partial charge in [0.15, 0.2) is 5.16 Å². The van der Waals surface area contributed by atoms with E-state index >= 15 is 0 Å². The molecule has 34 heavy (non-hydrogen) atoms. The first-order chi connectivity index (χ1) is 16.4. The van der Waals surface area contributed by atoms with Crippen LogP contribution in [0.25, 0.3) is 5.69 Å². The normalized spacial score (nSPS) is 10.7. The Kier molecular flexibility index (Phi) is 7.03. The fraction of sp³-hybridized carbons (Fsp3) is 0.120. The third-order valence-electron chi connectivity index (χ3n) is 4.94. The summed E-state index contributed by atoms with van der Waals surface area (Å²) >= 11 is 1.26. The van der Waals surface area contributed by atoms with E-state index in [1.165, 1.54) is 36.0 Å². The Bertz CT molecular complexity index is 1340. The van der Waals surface area contributed by atoms with E-state index in [4.69, 9.17) is 0 Å². The third-order valence-corrected chi connectivity index (χ3v) is 5.86. The lowest BCUT2D eigenvalue weighted by molar-refractivity contribution is -0.113. The lowest BCUT2D eigenvalue weighted by atomic mass is 10.1. The summed E-state index contributed by atoms with van der Waals surface area (Å²) in [5.41, 5.74) is 3.16. The molecule has 0 saturated carbocycles. The largest absolute Gasteiger partial charge is 0.325 e. The van der Waals surface area contributed by atoms with Gasteiger partial charge in [0.25, 0.3) is 5.91 Å². The molecular weight excluding hydrogens is 453 g/mol. The summed E-state index contributed by atoms with van der Waals surface area (Å²) in [6, 6.07) is 20.1. The summed E-state index contributed by atoms with van der Waals surface area (Å²) in [6.45, 7) is 3.86. The number of rotatable bonds is 7. The number of nitrogens with zero attached hydrogens (tertiary/aromatic N) is 3. The summed E-state index contributed by atoms with van der Waals surface area (Å²) in [7, 11) is 0. The van der Waals surface area contributed by atoms with Gasteiger partial charge in [-0.2, -0.15) is 0 Å². The zero-order chi connectivity index (χ0) is 24.1. The quantitative estimate of drug-likeness (QED) is 0.367. The second kappa shape index (κ2) is 10.3. The van der Waals surface area contributed by atoms with Gasteiger partial charge >= 0.3 is 0 Å². The van der Waals surface area contributed by atoms with Crippen LogP contribution in [0.1, 0.15) is 21.7 Å². The van der Waals surface area contributed by atoms with Gasteiger partial charge in [-0.1, -0.05) is 36.0 Å². The topological polar surface area (TPSA) is 88.9 Å². The number of anilines is 2. The Morgan fingerprint density at radius 2 is 1.71 bits per heavy atom. The third kappa shape index (κ3) is 5.49. The molecule has 0 saturated heterocycles. The van der Waals surface area contributed by atoms with Crippen LogP contribution in [0.15, 0.2) is 78.0 Å². The fourth-order valence-electron chi connectivity index (χ4n) is 3.34. The van der Waals surface area contributed by atoms with Gasteiger partial charge in [-0.3, -0.25) is 14.2 Å². The van der Waals surface area contributed by atoms with Crippen molar-refractivity contribution in [1.29, 1.82) is 0 Å². The molecule has 1 aromatic heterocycles. The predicted octanol–water partition coefficient (Wildman–Crippen LogP) is 5.01. The highest BCUT2D eigenvalue weighted by Crippen LogP contribution is 2.23. The van der Waals surface area contributed by atoms with Crippen molar-refractivity contribution < 1.29 is 14.0 Å². The average Bonchev–Trinajstić information content (AvgIpc) is 3.20. The first-order valence-corrected chi connectivity index (χ1v) is 11.5. The average molecular weight is 476 g/mol. The van der Waals surface area contributed by atoms with E-state index in [2.05, 4.69) is 20.8 Å². The van der Waals surface area contributed by atoms with Gasteiger partial charge in [0.1, 0.15) is 11.6 Å². The Hall–Kier alpha value is -3.98. The van der Waals surface area contributed by atoms with Crippen LogP contribution in [0.3, 0.4) is 0 Å². The number of amides is 2. The maximum Gasteiger partial charge on any atom is 0.257 e. The highest BCUT2D eigenvalue weighted by molar-refractivity contribution is 7.99. The number of carbonyl (C=O) groups excluding carboxylic acids is 2. The molecule has 7 nitrogen and oxygen atoms in total. The van der Waals surface area contributed by atoms with Crippen molar-refractivity contribution in [3.63, 3.8) is 0 Å². The minimum Gasteiger partial charge on any atom is -0.325 e. The van der Waals surface area contributed by atoms with Crippen LogP contribution in [-0.2, 0) is 4.79 Å². The maximum absolute atomic E-state index is 13.1. The van der Waals surface area contributed by atoms with E-state index in [1.807, 2.05) is 42.7 Å². The first kappa shape index (κ1) is 23.2. The van der Waals surface area contributed by atoms with Crippen LogP contribution in [0.4, 0.5) is 15.8 Å². The van der Waals surface area contributed by atoms with Crippen molar-refractivity contribution in [2.45, 2.75) is 19.0 Å². The first-order valence-electron chi connectivity index (χ1n) is 10.5. The molecular formula is C25H22FN5O2S. The molecule has 0 aliphatic heterocycles. The van der Waals surface area contributed by atoms with Gasteiger partial charge < -0.3 is 10.6 Å². The summed E-state index contributed by atoms with van der Waals surface area (Å²) < 4.78 is 15.0. The van der Waals surface area contributed by atoms with E-state index in [0.29, 0.717) is 22.1 Å². The van der Waals surface area contributed by atoms with E-state index in [1.54, 1.807) is 24.3 Å². The molecule has 3 aromatic carbocycles. The number of hydrogen-bond donors (Lipinski definition) is 2. The van der Waals surface area contributed by atoms with Crippen LogP contribution in [-0.4, -0.2) is 32.3 Å². The summed E-state index contributed by atoms with van der Waals surface area (Å²) in [6.07, 6.45) is 0. The molecule has 0 aliphatic rings. The summed E-state index contributed by atoms with van der Waals surface area (Å²) in [5.74, 6) is -0.293. The second-order valence-corrected chi connectivity index (χ2v) is 8.49. The van der Waals surface area contributed by atoms with Crippen molar-refractivity contribution in [1.82, 2.24) is 14.8 Å². The number of aryl methyl sites for hydroxylation is 2. The molecule has 0 spiro atoms. The van der Waals surface area contributed by atoms with Gasteiger partial charge in [0.05, 0.1) is 17.0 Å². The van der Waals surface area contributed by atoms with Crippen molar-refractivity contribution in [2.75, 3.05) is 16.4 Å². The Morgan fingerprint density at radius 1 is 0.941 bits per heavy atom. The van der Waals surface area contributed by atoms with Crippen molar-refractivity contribution in [2.24, 2.45) is 0 Å². The van der Waals surface area contributed by atoms with Gasteiger partial charge in [-0.05, 0) is 67.9 Å². The SMILES string of the molecule is Cc1cccc(-n2c(C)nnc2SCC(=O)Nc2ccccc2C(=O)Nc2ccc(F)cc2)c1. The van der Waals surface area contributed by atoms with Crippen molar-refractivity contribution in [3.8, 4) is 5.69 Å². The molecule has 0 bridgehead atoms. The number of hydrogen-bond acceptors (Lipinski definition) is 5. The number of halogens is 1. The Morgan fingerprint density at radius 3 is 2.47 bits per heavy atom. The highest BCUT2D eigenvalue weighted by atomic mass is 32.2. The molecule has 0 radical (unpaired) electrons. The molecule has 0 unspecified atom stereocenters. The van der Waals surface area contributed by atoms with Gasteiger partial charge in [-0.15, -0.1) is 10.2 Å². The zero-order valence-corrected chi connectivity index (χ0v) is 19.4. The zero-order valence-electron chi connectivity index (χ0n) is 18.6. The molecule has 9 heteroatoms. The van der Waals surface area contributed by atoms with Crippen LogP contribution < -0.4 is 10.6 Å². The number of nitrogens with one attached hydrogen (secondary N) is 2. The second-order valence-electron chi connectivity index (χ2n) is 7.55. The summed E-state index contributed by atoms with van der Waals surface area (Å²) in [4.78, 5) is 25.4. The van der Waals surface area contributed by atoms with Gasteiger partial charge in [0.2, 0.25) is 5.91 Å². The molecule has 2 N–H and O–H groups in total. The molecule has 2 amide bonds. The van der Waals surface area contributed by atoms with Gasteiger partial charge in [-0.25, -0.2) is 4.39 Å². The monoisotopic (exact) mass is 475 g/mol. The number of benzene rings is 3. The van der Waals surface area contributed by atoms with Gasteiger partial charge in [0, 0.05) is 11.4 Å². The van der Waals surface area contributed by atoms with Crippen molar-refractivity contribution >= 4 is 35.0 Å². The number of thioether (sulfide) groups is 1. The van der Waals surface area contributed by atoms with Crippen molar-refractivity contribution in [3.05, 3.63) is 95.6 Å². The van der Waals surface area contributed by atoms with E-state index in [-0.39, 0.29) is 11.7 Å². The highest BCUT2D eigenvalue weighted by Gasteiger charge is 2.16. The smallest absolute Gasteiger partial charge is 0.257 e. The predicted molar refractivity (Wildman–Crippen MR) is 131 cm³/mol. The van der Waals surface area contributed by atoms with E-state index in [9.17, 15) is 14.0 Å². The van der Waals surface area contributed by atoms with E-state index in [0.717, 1.165) is 17.1 Å². The molecule has 0 aliphatic carbocycles. The fourth-order valence-corrected chi connectivity index (χ4v) is 4.14.